The summed E-state index contributed by atoms with van der Waals surface area (Å²) < 4.78 is 8.37. The quantitative estimate of drug-likeness (QED) is 0.674. The van der Waals surface area contributed by atoms with Crippen LogP contribution in [0.3, 0.4) is 0 Å². The molecule has 3 nitrogen and oxygen atoms in total. The summed E-state index contributed by atoms with van der Waals surface area (Å²) >= 11 is 16.4. The normalized spacial score (nSPS) is 32.7. The van der Waals surface area contributed by atoms with Crippen LogP contribution in [-0.4, -0.2) is 34.5 Å². The van der Waals surface area contributed by atoms with Crippen molar-refractivity contribution in [3.05, 3.63) is 0 Å². The highest BCUT2D eigenvalue weighted by atomic mass is 35.6. The number of alkyl halides is 3. The highest BCUT2D eigenvalue weighted by Gasteiger charge is 2.40. The molecule has 2 atom stereocenters. The Hall–Kier alpha value is 0.750. The van der Waals surface area contributed by atoms with Crippen LogP contribution in [0.4, 0.5) is 0 Å². The van der Waals surface area contributed by atoms with Crippen molar-refractivity contribution in [3.8, 4) is 0 Å². The molecule has 0 radical (unpaired) electrons. The van der Waals surface area contributed by atoms with Crippen molar-refractivity contribution in [2.75, 3.05) is 13.2 Å². The molecule has 66 valence electrons. The van der Waals surface area contributed by atoms with Crippen LogP contribution >= 0.6 is 34.8 Å². The Morgan fingerprint density at radius 2 is 2.09 bits per heavy atom. The zero-order valence-corrected chi connectivity index (χ0v) is 7.73. The molecule has 6 heteroatoms. The van der Waals surface area contributed by atoms with E-state index in [9.17, 15) is 0 Å². The maximum atomic E-state index is 8.62. The molecule has 1 aliphatic rings. The SMILES string of the molecule is OC[C@@H]1CO[C@@H](C(Cl)(Cl)Cl)O1. The molecule has 0 aromatic rings. The number of aliphatic hydroxyl groups excluding tert-OH is 1. The lowest BCUT2D eigenvalue weighted by Crippen LogP contribution is -2.27. The summed E-state index contributed by atoms with van der Waals surface area (Å²) in [6, 6.07) is 0. The van der Waals surface area contributed by atoms with Gasteiger partial charge in [0.15, 0.2) is 0 Å². The third-order valence-electron chi connectivity index (χ3n) is 1.22. The molecular weight excluding hydrogens is 214 g/mol. The van der Waals surface area contributed by atoms with Crippen molar-refractivity contribution in [1.29, 1.82) is 0 Å². The topological polar surface area (TPSA) is 38.7 Å². The summed E-state index contributed by atoms with van der Waals surface area (Å²) in [5.41, 5.74) is 0. The van der Waals surface area contributed by atoms with E-state index in [1.54, 1.807) is 0 Å². The van der Waals surface area contributed by atoms with Crippen molar-refractivity contribution in [2.24, 2.45) is 0 Å². The van der Waals surface area contributed by atoms with E-state index in [0.717, 1.165) is 0 Å². The highest BCUT2D eigenvalue weighted by Crippen LogP contribution is 2.35. The highest BCUT2D eigenvalue weighted by molar-refractivity contribution is 6.67. The van der Waals surface area contributed by atoms with E-state index in [1.807, 2.05) is 0 Å². The second kappa shape index (κ2) is 3.64. The largest absolute Gasteiger partial charge is 0.394 e. The van der Waals surface area contributed by atoms with Gasteiger partial charge in [-0.15, -0.1) is 0 Å². The molecular formula is C5H7Cl3O3. The van der Waals surface area contributed by atoms with Crippen molar-refractivity contribution in [2.45, 2.75) is 16.2 Å². The van der Waals surface area contributed by atoms with Gasteiger partial charge >= 0.3 is 0 Å². The van der Waals surface area contributed by atoms with Crippen LogP contribution in [0.25, 0.3) is 0 Å². The Kier molecular flexibility index (Phi) is 3.26. The van der Waals surface area contributed by atoms with Crippen LogP contribution < -0.4 is 0 Å². The van der Waals surface area contributed by atoms with E-state index in [4.69, 9.17) is 49.4 Å². The van der Waals surface area contributed by atoms with E-state index < -0.39 is 10.1 Å². The lowest BCUT2D eigenvalue weighted by molar-refractivity contribution is -0.0610. The zero-order chi connectivity index (χ0) is 8.48. The summed E-state index contributed by atoms with van der Waals surface area (Å²) in [6.07, 6.45) is -1.25. The molecule has 0 saturated carbocycles. The number of aliphatic hydroxyl groups is 1. The van der Waals surface area contributed by atoms with Gasteiger partial charge < -0.3 is 14.6 Å². The average Bonchev–Trinajstić information content (AvgIpc) is 2.32. The van der Waals surface area contributed by atoms with E-state index in [-0.39, 0.29) is 19.3 Å². The smallest absolute Gasteiger partial charge is 0.240 e. The van der Waals surface area contributed by atoms with Crippen LogP contribution in [-0.2, 0) is 9.47 Å². The number of hydrogen-bond donors (Lipinski definition) is 1. The standard InChI is InChI=1S/C5H7Cl3O3/c6-5(7,8)4-10-2-3(1-9)11-4/h3-4,9H,1-2H2/t3-,4-/m1/s1. The molecule has 0 aliphatic carbocycles. The second-order valence-corrected chi connectivity index (χ2v) is 4.52. The van der Waals surface area contributed by atoms with Gasteiger partial charge in [-0.1, -0.05) is 34.8 Å². The molecule has 1 aliphatic heterocycles. The molecule has 11 heavy (non-hydrogen) atoms. The molecule has 0 spiro atoms. The molecule has 0 amide bonds. The van der Waals surface area contributed by atoms with Gasteiger partial charge in [0.05, 0.1) is 13.2 Å². The molecule has 0 aromatic heterocycles. The van der Waals surface area contributed by atoms with Crippen molar-refractivity contribution < 1.29 is 14.6 Å². The molecule has 1 rings (SSSR count). The Labute approximate surface area is 79.1 Å². The average molecular weight is 221 g/mol. The lowest BCUT2D eigenvalue weighted by atomic mass is 10.4. The molecule has 0 aromatic carbocycles. The van der Waals surface area contributed by atoms with Gasteiger partial charge in [-0.3, -0.25) is 0 Å². The molecule has 1 heterocycles. The summed E-state index contributed by atoms with van der Waals surface area (Å²) in [6.45, 7) is 0.131. The fourth-order valence-electron chi connectivity index (χ4n) is 0.715. The zero-order valence-electron chi connectivity index (χ0n) is 5.47. The van der Waals surface area contributed by atoms with Crippen LogP contribution in [0.5, 0.6) is 0 Å². The first kappa shape index (κ1) is 9.84. The van der Waals surface area contributed by atoms with Crippen molar-refractivity contribution in [3.63, 3.8) is 0 Å². The minimum Gasteiger partial charge on any atom is -0.394 e. The number of ether oxygens (including phenoxy) is 2. The van der Waals surface area contributed by atoms with Gasteiger partial charge in [-0.05, 0) is 0 Å². The minimum absolute atomic E-state index is 0.128. The maximum absolute atomic E-state index is 8.62. The van der Waals surface area contributed by atoms with Gasteiger partial charge in [-0.25, -0.2) is 0 Å². The van der Waals surface area contributed by atoms with Crippen LogP contribution in [0.15, 0.2) is 0 Å². The molecule has 1 saturated heterocycles. The predicted octanol–water partition coefficient (Wildman–Crippen LogP) is 1.09. The number of rotatable bonds is 1. The summed E-state index contributed by atoms with van der Waals surface area (Å²) in [7, 11) is 0. The minimum atomic E-state index is -1.58. The third kappa shape index (κ3) is 2.61. The van der Waals surface area contributed by atoms with Crippen molar-refractivity contribution >= 4 is 34.8 Å². The predicted molar refractivity (Wildman–Crippen MR) is 42.0 cm³/mol. The monoisotopic (exact) mass is 220 g/mol. The molecule has 0 unspecified atom stereocenters. The number of halogens is 3. The Morgan fingerprint density at radius 3 is 2.36 bits per heavy atom. The molecule has 1 N–H and O–H groups in total. The van der Waals surface area contributed by atoms with Crippen molar-refractivity contribution in [1.82, 2.24) is 0 Å². The second-order valence-electron chi connectivity index (χ2n) is 2.15. The molecule has 1 fully saturated rings. The Bertz CT molecular complexity index is 135. The maximum Gasteiger partial charge on any atom is 0.240 e. The summed E-state index contributed by atoms with van der Waals surface area (Å²) in [5.74, 6) is 0. The fourth-order valence-corrected chi connectivity index (χ4v) is 1.06. The fraction of sp³-hybridized carbons (Fsp3) is 1.00. The van der Waals surface area contributed by atoms with Crippen LogP contribution in [0.2, 0.25) is 0 Å². The van der Waals surface area contributed by atoms with E-state index >= 15 is 0 Å². The first-order valence-electron chi connectivity index (χ1n) is 2.98. The first-order chi connectivity index (χ1) is 5.04. The summed E-state index contributed by atoms with van der Waals surface area (Å²) in [5, 5.41) is 8.62. The van der Waals surface area contributed by atoms with Gasteiger partial charge in [0.25, 0.3) is 0 Å². The van der Waals surface area contributed by atoms with Gasteiger partial charge in [0.1, 0.15) is 6.10 Å². The first-order valence-corrected chi connectivity index (χ1v) is 4.12. The van der Waals surface area contributed by atoms with E-state index in [0.29, 0.717) is 0 Å². The number of hydrogen-bond acceptors (Lipinski definition) is 3. The third-order valence-corrected chi connectivity index (χ3v) is 1.75. The lowest BCUT2D eigenvalue weighted by Gasteiger charge is -2.17. The summed E-state index contributed by atoms with van der Waals surface area (Å²) in [4.78, 5) is 0. The molecule has 0 bridgehead atoms. The van der Waals surface area contributed by atoms with Crippen LogP contribution in [0.1, 0.15) is 0 Å². The van der Waals surface area contributed by atoms with Crippen LogP contribution in [0, 0.1) is 0 Å². The Balaban J connectivity index is 2.42. The van der Waals surface area contributed by atoms with E-state index in [1.165, 1.54) is 0 Å². The van der Waals surface area contributed by atoms with E-state index in [2.05, 4.69) is 0 Å². The van der Waals surface area contributed by atoms with Gasteiger partial charge in [0, 0.05) is 0 Å². The Morgan fingerprint density at radius 1 is 1.45 bits per heavy atom. The van der Waals surface area contributed by atoms with Gasteiger partial charge in [-0.2, -0.15) is 0 Å². The van der Waals surface area contributed by atoms with Gasteiger partial charge in [0.2, 0.25) is 10.1 Å².